The topological polar surface area (TPSA) is 71.1 Å². The number of carbonyl (C=O) groups excluding carboxylic acids is 2. The molecule has 0 saturated heterocycles. The largest absolute Gasteiger partial charge is 0.354 e. The number of halogens is 1. The average molecular weight is 380 g/mol. The molecule has 0 radical (unpaired) electrons. The third kappa shape index (κ3) is 4.71. The molecule has 0 saturated carbocycles. The zero-order chi connectivity index (χ0) is 19.4. The van der Waals surface area contributed by atoms with E-state index in [9.17, 15) is 9.59 Å². The van der Waals surface area contributed by atoms with Crippen LogP contribution in [0.25, 0.3) is 0 Å². The quantitative estimate of drug-likeness (QED) is 0.594. The third-order valence-electron chi connectivity index (χ3n) is 4.02. The van der Waals surface area contributed by atoms with Crippen LogP contribution in [0.5, 0.6) is 0 Å². The lowest BCUT2D eigenvalue weighted by atomic mass is 10.1. The van der Waals surface area contributed by atoms with Crippen molar-refractivity contribution in [2.45, 2.75) is 13.8 Å². The van der Waals surface area contributed by atoms with Gasteiger partial charge in [0.05, 0.1) is 17.4 Å². The van der Waals surface area contributed by atoms with Crippen LogP contribution in [-0.4, -0.2) is 16.7 Å². The van der Waals surface area contributed by atoms with E-state index < -0.39 is 0 Å². The molecule has 6 heteroatoms. The number of ketones is 1. The lowest BCUT2D eigenvalue weighted by Crippen LogP contribution is -2.13. The number of pyridine rings is 1. The van der Waals surface area contributed by atoms with Crippen LogP contribution in [0.3, 0.4) is 0 Å². The van der Waals surface area contributed by atoms with Gasteiger partial charge >= 0.3 is 0 Å². The second-order valence-electron chi connectivity index (χ2n) is 6.13. The molecule has 0 unspecified atom stereocenters. The highest BCUT2D eigenvalue weighted by Gasteiger charge is 2.10. The molecule has 0 spiro atoms. The molecule has 3 rings (SSSR count). The number of amides is 1. The fraction of sp³-hybridized carbons (Fsp3) is 0.0952. The summed E-state index contributed by atoms with van der Waals surface area (Å²) < 4.78 is 0. The molecular formula is C21H18ClN3O2. The van der Waals surface area contributed by atoms with E-state index >= 15 is 0 Å². The summed E-state index contributed by atoms with van der Waals surface area (Å²) in [6, 6.07) is 14.1. The van der Waals surface area contributed by atoms with Crippen molar-refractivity contribution in [3.8, 4) is 0 Å². The summed E-state index contributed by atoms with van der Waals surface area (Å²) in [5.74, 6) is -0.247. The molecule has 2 aromatic carbocycles. The minimum atomic E-state index is -0.261. The first-order valence-electron chi connectivity index (χ1n) is 8.33. The number of aryl methyl sites for hydroxylation is 1. The number of Topliss-reactive ketones (excluding diaryl/α,β-unsaturated/α-hetero) is 1. The average Bonchev–Trinajstić information content (AvgIpc) is 2.64. The van der Waals surface area contributed by atoms with Gasteiger partial charge in [0, 0.05) is 28.2 Å². The molecule has 136 valence electrons. The molecule has 1 amide bonds. The molecule has 0 aliphatic carbocycles. The fourth-order valence-electron chi connectivity index (χ4n) is 2.55. The molecule has 0 atom stereocenters. The van der Waals surface area contributed by atoms with E-state index in [0.29, 0.717) is 27.5 Å². The summed E-state index contributed by atoms with van der Waals surface area (Å²) in [5, 5.41) is 6.66. The Labute approximate surface area is 162 Å². The Bertz CT molecular complexity index is 1000. The van der Waals surface area contributed by atoms with Gasteiger partial charge in [0.1, 0.15) is 0 Å². The van der Waals surface area contributed by atoms with Crippen LogP contribution in [0.1, 0.15) is 33.2 Å². The monoisotopic (exact) mass is 379 g/mol. The molecule has 0 fully saturated rings. The van der Waals surface area contributed by atoms with E-state index in [1.165, 1.54) is 13.1 Å². The summed E-state index contributed by atoms with van der Waals surface area (Å²) in [5.41, 5.74) is 4.12. The second-order valence-corrected chi connectivity index (χ2v) is 6.57. The molecule has 0 aliphatic heterocycles. The van der Waals surface area contributed by atoms with Gasteiger partial charge in [-0.25, -0.2) is 0 Å². The smallest absolute Gasteiger partial charge is 0.257 e. The number of hydrogen-bond acceptors (Lipinski definition) is 4. The maximum Gasteiger partial charge on any atom is 0.257 e. The maximum absolute atomic E-state index is 12.5. The summed E-state index contributed by atoms with van der Waals surface area (Å²) in [4.78, 5) is 28.0. The molecule has 2 N–H and O–H groups in total. The first-order valence-corrected chi connectivity index (χ1v) is 8.71. The minimum absolute atomic E-state index is 0.0133. The van der Waals surface area contributed by atoms with Gasteiger partial charge < -0.3 is 10.6 Å². The summed E-state index contributed by atoms with van der Waals surface area (Å²) in [6.45, 7) is 3.40. The number of benzene rings is 2. The van der Waals surface area contributed by atoms with Crippen molar-refractivity contribution in [3.63, 3.8) is 0 Å². The number of hydrogen-bond donors (Lipinski definition) is 2. The Balaban J connectivity index is 1.74. The zero-order valence-electron chi connectivity index (χ0n) is 14.9. The number of nitrogens with zero attached hydrogens (tertiary/aromatic N) is 1. The van der Waals surface area contributed by atoms with Crippen LogP contribution < -0.4 is 10.6 Å². The lowest BCUT2D eigenvalue weighted by molar-refractivity contribution is 0.101. The summed E-state index contributed by atoms with van der Waals surface area (Å²) in [7, 11) is 0. The van der Waals surface area contributed by atoms with E-state index in [1.807, 2.05) is 6.92 Å². The van der Waals surface area contributed by atoms with E-state index in [2.05, 4.69) is 15.6 Å². The molecule has 0 bridgehead atoms. The van der Waals surface area contributed by atoms with Crippen molar-refractivity contribution < 1.29 is 9.59 Å². The van der Waals surface area contributed by atoms with Gasteiger partial charge in [-0.2, -0.15) is 0 Å². The fourth-order valence-corrected chi connectivity index (χ4v) is 2.78. The first-order chi connectivity index (χ1) is 12.9. The Morgan fingerprint density at radius 1 is 0.926 bits per heavy atom. The van der Waals surface area contributed by atoms with Crippen molar-refractivity contribution >= 4 is 40.4 Å². The lowest BCUT2D eigenvalue weighted by Gasteiger charge is -2.10. The van der Waals surface area contributed by atoms with Gasteiger partial charge in [-0.15, -0.1) is 0 Å². The van der Waals surface area contributed by atoms with Crippen LogP contribution in [0.2, 0.25) is 5.02 Å². The van der Waals surface area contributed by atoms with E-state index in [1.54, 1.807) is 54.7 Å². The van der Waals surface area contributed by atoms with E-state index in [-0.39, 0.29) is 11.7 Å². The van der Waals surface area contributed by atoms with Gasteiger partial charge in [-0.3, -0.25) is 14.6 Å². The van der Waals surface area contributed by atoms with Crippen molar-refractivity contribution in [2.24, 2.45) is 0 Å². The SMILES string of the molecule is CC(=O)c1ccc(Nc2cncc(C(=O)Nc3ccc(Cl)cc3C)c2)cc1. The van der Waals surface area contributed by atoms with Gasteiger partial charge in [0.15, 0.2) is 5.78 Å². The Kier molecular flexibility index (Phi) is 5.52. The number of anilines is 3. The summed E-state index contributed by atoms with van der Waals surface area (Å²) in [6.07, 6.45) is 3.13. The van der Waals surface area contributed by atoms with Crippen molar-refractivity contribution in [1.82, 2.24) is 4.98 Å². The third-order valence-corrected chi connectivity index (χ3v) is 4.25. The maximum atomic E-state index is 12.5. The molecular weight excluding hydrogens is 362 g/mol. The molecule has 27 heavy (non-hydrogen) atoms. The highest BCUT2D eigenvalue weighted by atomic mass is 35.5. The minimum Gasteiger partial charge on any atom is -0.354 e. The van der Waals surface area contributed by atoms with Gasteiger partial charge in [-0.1, -0.05) is 11.6 Å². The Morgan fingerprint density at radius 3 is 2.33 bits per heavy atom. The number of nitrogens with one attached hydrogen (secondary N) is 2. The first kappa shape index (κ1) is 18.6. The van der Waals surface area contributed by atoms with Crippen molar-refractivity contribution in [2.75, 3.05) is 10.6 Å². The zero-order valence-corrected chi connectivity index (χ0v) is 15.7. The van der Waals surface area contributed by atoms with E-state index in [0.717, 1.165) is 11.3 Å². The highest BCUT2D eigenvalue weighted by Crippen LogP contribution is 2.21. The normalized spacial score (nSPS) is 10.3. The van der Waals surface area contributed by atoms with E-state index in [4.69, 9.17) is 11.6 Å². The van der Waals surface area contributed by atoms with Crippen molar-refractivity contribution in [1.29, 1.82) is 0 Å². The van der Waals surface area contributed by atoms with Gasteiger partial charge in [-0.05, 0) is 67.9 Å². The summed E-state index contributed by atoms with van der Waals surface area (Å²) >= 11 is 5.95. The molecule has 3 aromatic rings. The number of aromatic nitrogens is 1. The van der Waals surface area contributed by atoms with Crippen LogP contribution in [0, 0.1) is 6.92 Å². The Hall–Kier alpha value is -3.18. The van der Waals surface area contributed by atoms with Crippen LogP contribution in [0.4, 0.5) is 17.1 Å². The Morgan fingerprint density at radius 2 is 1.67 bits per heavy atom. The number of rotatable bonds is 5. The van der Waals surface area contributed by atoms with Gasteiger partial charge in [0.25, 0.3) is 5.91 Å². The van der Waals surface area contributed by atoms with Crippen molar-refractivity contribution in [3.05, 3.63) is 82.6 Å². The van der Waals surface area contributed by atoms with Crippen LogP contribution in [-0.2, 0) is 0 Å². The predicted octanol–water partition coefficient (Wildman–Crippen LogP) is 5.24. The van der Waals surface area contributed by atoms with Gasteiger partial charge in [0.2, 0.25) is 0 Å². The highest BCUT2D eigenvalue weighted by molar-refractivity contribution is 6.30. The molecule has 0 aliphatic rings. The molecule has 5 nitrogen and oxygen atoms in total. The van der Waals surface area contributed by atoms with Crippen LogP contribution >= 0.6 is 11.6 Å². The second kappa shape index (κ2) is 8.01. The standard InChI is InChI=1S/C21H18ClN3O2/c1-13-9-17(22)5-8-20(13)25-21(27)16-10-19(12-23-11-16)24-18-6-3-15(4-7-18)14(2)26/h3-12,24H,1-2H3,(H,25,27). The predicted molar refractivity (Wildman–Crippen MR) is 108 cm³/mol. The van der Waals surface area contributed by atoms with Crippen LogP contribution in [0.15, 0.2) is 60.9 Å². The molecule has 1 aromatic heterocycles. The number of carbonyl (C=O) groups is 2. The molecule has 1 heterocycles.